The Morgan fingerprint density at radius 2 is 1.84 bits per heavy atom. The molecule has 2 heterocycles. The fraction of sp³-hybridized carbons (Fsp3) is 0.176. The van der Waals surface area contributed by atoms with Gasteiger partial charge in [-0.2, -0.15) is 0 Å². The molecule has 0 amide bonds. The number of hydrogen-bond donors (Lipinski definition) is 0. The molecule has 2 aliphatic heterocycles. The van der Waals surface area contributed by atoms with E-state index in [1.54, 1.807) is 0 Å². The Morgan fingerprint density at radius 1 is 1.00 bits per heavy atom. The number of benzene rings is 2. The summed E-state index contributed by atoms with van der Waals surface area (Å²) < 4.78 is 0. The van der Waals surface area contributed by atoms with Gasteiger partial charge in [0.1, 0.15) is 6.17 Å². The molecule has 0 saturated heterocycles. The highest BCUT2D eigenvalue weighted by Crippen LogP contribution is 2.32. The lowest BCUT2D eigenvalue weighted by Gasteiger charge is -2.30. The van der Waals surface area contributed by atoms with Crippen LogP contribution in [-0.2, 0) is 6.42 Å². The lowest BCUT2D eigenvalue weighted by molar-refractivity contribution is 0.646. The first-order valence-electron chi connectivity index (χ1n) is 6.74. The monoisotopic (exact) mass is 247 g/mol. The summed E-state index contributed by atoms with van der Waals surface area (Å²) >= 11 is 0. The smallest absolute Gasteiger partial charge is 0.141 e. The molecule has 2 heteroatoms. The largest absolute Gasteiger partial charge is 0.346 e. The van der Waals surface area contributed by atoms with Crippen molar-refractivity contribution in [3.63, 3.8) is 0 Å². The van der Waals surface area contributed by atoms with Gasteiger partial charge in [-0.25, -0.2) is 0 Å². The van der Waals surface area contributed by atoms with Crippen LogP contribution in [0.2, 0.25) is 0 Å². The van der Waals surface area contributed by atoms with Crippen LogP contribution in [0.5, 0.6) is 0 Å². The molecule has 0 N–H and O–H groups in total. The van der Waals surface area contributed by atoms with Crippen molar-refractivity contribution in [1.29, 1.82) is 0 Å². The van der Waals surface area contributed by atoms with Crippen LogP contribution in [0.25, 0.3) is 6.08 Å². The molecule has 1 radical (unpaired) electrons. The molecule has 4 rings (SSSR count). The summed E-state index contributed by atoms with van der Waals surface area (Å²) in [6.07, 6.45) is 5.65. The number of para-hydroxylation sites is 2. The number of rotatable bonds is 1. The molecule has 0 bridgehead atoms. The van der Waals surface area contributed by atoms with E-state index in [-0.39, 0.29) is 6.17 Å². The summed E-state index contributed by atoms with van der Waals surface area (Å²) in [5, 5.41) is 4.87. The van der Waals surface area contributed by atoms with Crippen LogP contribution in [-0.4, -0.2) is 12.7 Å². The highest BCUT2D eigenvalue weighted by atomic mass is 15.3. The summed E-state index contributed by atoms with van der Waals surface area (Å²) in [4.78, 5) is 2.39. The standard InChI is InChI=1S/C17H15N2/c1-3-7-15-13(5-1)9-10-17(18-15)19-12-11-14-6-2-4-8-16(14)19/h1-10,17H,11-12H2. The molecular weight excluding hydrogens is 232 g/mol. The van der Waals surface area contributed by atoms with E-state index < -0.39 is 0 Å². The third-order valence-electron chi connectivity index (χ3n) is 3.90. The highest BCUT2D eigenvalue weighted by Gasteiger charge is 2.26. The predicted octanol–water partition coefficient (Wildman–Crippen LogP) is 3.34. The topological polar surface area (TPSA) is 17.3 Å². The lowest BCUT2D eigenvalue weighted by Crippen LogP contribution is -2.39. The average molecular weight is 247 g/mol. The van der Waals surface area contributed by atoms with Crippen LogP contribution in [0.15, 0.2) is 54.6 Å². The molecule has 19 heavy (non-hydrogen) atoms. The van der Waals surface area contributed by atoms with Crippen molar-refractivity contribution < 1.29 is 0 Å². The minimum absolute atomic E-state index is 0.138. The van der Waals surface area contributed by atoms with E-state index in [0.29, 0.717) is 0 Å². The molecule has 0 spiro atoms. The van der Waals surface area contributed by atoms with E-state index in [4.69, 9.17) is 5.32 Å². The van der Waals surface area contributed by atoms with Crippen LogP contribution in [0.1, 0.15) is 11.1 Å². The third-order valence-corrected chi connectivity index (χ3v) is 3.90. The second-order valence-corrected chi connectivity index (χ2v) is 5.03. The number of anilines is 1. The number of hydrogen-bond acceptors (Lipinski definition) is 1. The first-order chi connectivity index (χ1) is 9.42. The van der Waals surface area contributed by atoms with Crippen molar-refractivity contribution in [3.8, 4) is 0 Å². The van der Waals surface area contributed by atoms with Gasteiger partial charge < -0.3 is 4.90 Å². The van der Waals surface area contributed by atoms with Gasteiger partial charge in [-0.1, -0.05) is 42.5 Å². The molecule has 2 aliphatic rings. The molecule has 1 atom stereocenters. The Hall–Kier alpha value is -2.22. The molecular formula is C17H15N2. The maximum atomic E-state index is 4.87. The van der Waals surface area contributed by atoms with Gasteiger partial charge in [0.05, 0.1) is 5.69 Å². The minimum atomic E-state index is 0.138. The maximum absolute atomic E-state index is 4.87. The number of fused-ring (bicyclic) bond motifs is 2. The van der Waals surface area contributed by atoms with Crippen LogP contribution < -0.4 is 10.2 Å². The van der Waals surface area contributed by atoms with Crippen LogP contribution in [0, 0.1) is 0 Å². The summed E-state index contributed by atoms with van der Waals surface area (Å²) in [7, 11) is 0. The molecule has 0 aromatic heterocycles. The molecule has 1 unspecified atom stereocenters. The second-order valence-electron chi connectivity index (χ2n) is 5.03. The normalized spacial score (nSPS) is 19.8. The Kier molecular flexibility index (Phi) is 2.34. The van der Waals surface area contributed by atoms with E-state index in [2.05, 4.69) is 65.6 Å². The van der Waals surface area contributed by atoms with Crippen molar-refractivity contribution in [2.45, 2.75) is 12.6 Å². The zero-order valence-corrected chi connectivity index (χ0v) is 10.7. The zero-order chi connectivity index (χ0) is 12.7. The van der Waals surface area contributed by atoms with Gasteiger partial charge >= 0.3 is 0 Å². The molecule has 2 aromatic rings. The SMILES string of the molecule is C1=CC(N2CCc3ccccc32)[N]c2ccccc21. The fourth-order valence-electron chi connectivity index (χ4n) is 2.93. The van der Waals surface area contributed by atoms with E-state index in [9.17, 15) is 0 Å². The maximum Gasteiger partial charge on any atom is 0.141 e. The Balaban J connectivity index is 1.67. The van der Waals surface area contributed by atoms with Gasteiger partial charge in [-0.05, 0) is 35.8 Å². The van der Waals surface area contributed by atoms with E-state index in [1.807, 2.05) is 0 Å². The minimum Gasteiger partial charge on any atom is -0.346 e. The van der Waals surface area contributed by atoms with E-state index in [1.165, 1.54) is 16.8 Å². The lowest BCUT2D eigenvalue weighted by atomic mass is 10.1. The molecule has 93 valence electrons. The van der Waals surface area contributed by atoms with Crippen molar-refractivity contribution in [2.24, 2.45) is 0 Å². The third kappa shape index (κ3) is 1.72. The second kappa shape index (κ2) is 4.16. The predicted molar refractivity (Wildman–Crippen MR) is 78.6 cm³/mol. The molecule has 0 aliphatic carbocycles. The van der Waals surface area contributed by atoms with Gasteiger partial charge in [0.25, 0.3) is 0 Å². The van der Waals surface area contributed by atoms with E-state index in [0.717, 1.165) is 18.7 Å². The number of nitrogens with zero attached hydrogens (tertiary/aromatic N) is 2. The van der Waals surface area contributed by atoms with Gasteiger partial charge in [-0.15, -0.1) is 0 Å². The van der Waals surface area contributed by atoms with Gasteiger partial charge in [-0.3, -0.25) is 5.32 Å². The summed E-state index contributed by atoms with van der Waals surface area (Å²) in [5.41, 5.74) is 5.08. The highest BCUT2D eigenvalue weighted by molar-refractivity contribution is 5.69. The van der Waals surface area contributed by atoms with Gasteiger partial charge in [0.2, 0.25) is 0 Å². The van der Waals surface area contributed by atoms with Crippen LogP contribution in [0.4, 0.5) is 11.4 Å². The summed E-state index contributed by atoms with van der Waals surface area (Å²) in [5.74, 6) is 0. The van der Waals surface area contributed by atoms with Crippen molar-refractivity contribution in [2.75, 3.05) is 11.4 Å². The first kappa shape index (κ1) is 10.7. The van der Waals surface area contributed by atoms with Crippen molar-refractivity contribution in [1.82, 2.24) is 5.32 Å². The first-order valence-corrected chi connectivity index (χ1v) is 6.74. The van der Waals surface area contributed by atoms with Gasteiger partial charge in [0.15, 0.2) is 0 Å². The molecule has 2 nitrogen and oxygen atoms in total. The summed E-state index contributed by atoms with van der Waals surface area (Å²) in [6, 6.07) is 17.0. The summed E-state index contributed by atoms with van der Waals surface area (Å²) in [6.45, 7) is 1.06. The Morgan fingerprint density at radius 3 is 2.84 bits per heavy atom. The quantitative estimate of drug-likeness (QED) is 0.755. The fourth-order valence-corrected chi connectivity index (χ4v) is 2.93. The van der Waals surface area contributed by atoms with Crippen LogP contribution in [0.3, 0.4) is 0 Å². The van der Waals surface area contributed by atoms with E-state index >= 15 is 0 Å². The van der Waals surface area contributed by atoms with Crippen LogP contribution >= 0.6 is 0 Å². The average Bonchev–Trinajstić information content (AvgIpc) is 2.91. The Bertz CT molecular complexity index is 645. The molecule has 0 fully saturated rings. The Labute approximate surface area is 113 Å². The molecule has 0 saturated carbocycles. The van der Waals surface area contributed by atoms with Gasteiger partial charge in [0, 0.05) is 12.2 Å². The van der Waals surface area contributed by atoms with Crippen molar-refractivity contribution >= 4 is 17.5 Å². The van der Waals surface area contributed by atoms with Crippen molar-refractivity contribution in [3.05, 3.63) is 65.7 Å². The zero-order valence-electron chi connectivity index (χ0n) is 10.7. The molecule has 2 aromatic carbocycles.